The summed E-state index contributed by atoms with van der Waals surface area (Å²) in [6.07, 6.45) is 1.61. The predicted octanol–water partition coefficient (Wildman–Crippen LogP) is 2.18. The van der Waals surface area contributed by atoms with Crippen LogP contribution >= 0.6 is 11.8 Å². The minimum Gasteiger partial charge on any atom is -0.497 e. The number of amides is 1. The summed E-state index contributed by atoms with van der Waals surface area (Å²) in [7, 11) is 1.60. The van der Waals surface area contributed by atoms with Crippen molar-refractivity contribution in [1.29, 1.82) is 0 Å². The van der Waals surface area contributed by atoms with Crippen LogP contribution < -0.4 is 21.3 Å². The van der Waals surface area contributed by atoms with Crippen molar-refractivity contribution in [3.05, 3.63) is 60.2 Å². The van der Waals surface area contributed by atoms with Gasteiger partial charge in [0.2, 0.25) is 11.1 Å². The molecule has 9 nitrogen and oxygen atoms in total. The monoisotopic (exact) mass is 397 g/mol. The van der Waals surface area contributed by atoms with Gasteiger partial charge in [-0.05, 0) is 29.8 Å². The minimum atomic E-state index is -0.162. The molecule has 3 rings (SSSR count). The number of hydrogen-bond donors (Lipinski definition) is 3. The Morgan fingerprint density at radius 3 is 2.86 bits per heavy atom. The molecule has 0 fully saturated rings. The number of thioether (sulfide) groups is 1. The molecule has 0 radical (unpaired) electrons. The molecule has 0 aliphatic carbocycles. The summed E-state index contributed by atoms with van der Waals surface area (Å²) in [6, 6.07) is 16.6. The van der Waals surface area contributed by atoms with Gasteiger partial charge in [0.25, 0.3) is 5.95 Å². The average molecular weight is 397 g/mol. The largest absolute Gasteiger partial charge is 0.497 e. The highest BCUT2D eigenvalue weighted by molar-refractivity contribution is 7.99. The van der Waals surface area contributed by atoms with Crippen LogP contribution in [0.15, 0.2) is 64.9 Å². The van der Waals surface area contributed by atoms with Crippen LogP contribution in [-0.4, -0.2) is 39.9 Å². The first kappa shape index (κ1) is 19.2. The number of nitrogens with two attached hydrogens (primary N) is 1. The molecule has 10 heteroatoms. The third-order valence-electron chi connectivity index (χ3n) is 3.53. The molecule has 1 heterocycles. The number of hydrazone groups is 1. The van der Waals surface area contributed by atoms with Crippen LogP contribution in [0.3, 0.4) is 0 Å². The number of aromatic nitrogens is 3. The highest BCUT2D eigenvalue weighted by Crippen LogP contribution is 2.17. The number of nitrogen functional groups attached to an aromatic ring is 1. The van der Waals surface area contributed by atoms with Gasteiger partial charge < -0.3 is 15.9 Å². The van der Waals surface area contributed by atoms with Crippen molar-refractivity contribution in [2.75, 3.05) is 29.4 Å². The summed E-state index contributed by atoms with van der Waals surface area (Å²) in [5.41, 5.74) is 4.31. The van der Waals surface area contributed by atoms with Gasteiger partial charge in [-0.3, -0.25) is 4.79 Å². The van der Waals surface area contributed by atoms with Crippen molar-refractivity contribution in [3.63, 3.8) is 0 Å². The van der Waals surface area contributed by atoms with E-state index in [0.29, 0.717) is 5.16 Å². The summed E-state index contributed by atoms with van der Waals surface area (Å²) in [4.78, 5) is 12.0. The fourth-order valence-corrected chi connectivity index (χ4v) is 2.84. The van der Waals surface area contributed by atoms with Crippen molar-refractivity contribution in [1.82, 2.24) is 14.9 Å². The van der Waals surface area contributed by atoms with Crippen LogP contribution in [0.2, 0.25) is 0 Å². The van der Waals surface area contributed by atoms with E-state index in [9.17, 15) is 4.79 Å². The van der Waals surface area contributed by atoms with Gasteiger partial charge in [0.15, 0.2) is 0 Å². The number of anilines is 2. The fraction of sp³-hybridized carbons (Fsp3) is 0.111. The molecule has 1 aromatic heterocycles. The Bertz CT molecular complexity index is 960. The van der Waals surface area contributed by atoms with Crippen molar-refractivity contribution in [2.24, 2.45) is 5.10 Å². The molecular weight excluding hydrogens is 378 g/mol. The zero-order chi connectivity index (χ0) is 19.8. The maximum absolute atomic E-state index is 12.0. The number of benzene rings is 2. The standard InChI is InChI=1S/C18H19N7O2S/c1-27-15-9-5-6-13(10-15)11-20-22-17-23-24-18(25(17)19)28-12-16(26)21-14-7-3-2-4-8-14/h2-11H,12,19H2,1H3,(H,21,26)(H,22,23)/b20-11+. The van der Waals surface area contributed by atoms with Crippen molar-refractivity contribution in [2.45, 2.75) is 5.16 Å². The number of rotatable bonds is 8. The maximum atomic E-state index is 12.0. The lowest BCUT2D eigenvalue weighted by Crippen LogP contribution is -2.16. The summed E-state index contributed by atoms with van der Waals surface area (Å²) < 4.78 is 6.40. The molecule has 144 valence electrons. The number of carbonyl (C=O) groups is 1. The molecule has 2 aromatic carbocycles. The minimum absolute atomic E-state index is 0.150. The number of hydrogen-bond acceptors (Lipinski definition) is 8. The molecule has 0 atom stereocenters. The second kappa shape index (κ2) is 9.42. The van der Waals surface area contributed by atoms with E-state index in [2.05, 4.69) is 26.0 Å². The number of ether oxygens (including phenoxy) is 1. The quantitative estimate of drug-likeness (QED) is 0.231. The van der Waals surface area contributed by atoms with Gasteiger partial charge in [-0.1, -0.05) is 42.1 Å². The van der Waals surface area contributed by atoms with Crippen molar-refractivity contribution < 1.29 is 9.53 Å². The van der Waals surface area contributed by atoms with Crippen molar-refractivity contribution in [3.8, 4) is 5.75 Å². The first-order chi connectivity index (χ1) is 13.7. The number of carbonyl (C=O) groups excluding carboxylic acids is 1. The lowest BCUT2D eigenvalue weighted by atomic mass is 10.2. The smallest absolute Gasteiger partial charge is 0.264 e. The van der Waals surface area contributed by atoms with E-state index in [1.807, 2.05) is 54.6 Å². The van der Waals surface area contributed by atoms with Crippen LogP contribution in [0, 0.1) is 0 Å². The summed E-state index contributed by atoms with van der Waals surface area (Å²) >= 11 is 1.17. The third-order valence-corrected chi connectivity index (χ3v) is 4.47. The van der Waals surface area contributed by atoms with Crippen LogP contribution in [0.4, 0.5) is 11.6 Å². The van der Waals surface area contributed by atoms with E-state index in [0.717, 1.165) is 17.0 Å². The molecule has 0 bridgehead atoms. The Hall–Kier alpha value is -3.53. The molecule has 0 aliphatic heterocycles. The van der Waals surface area contributed by atoms with E-state index < -0.39 is 0 Å². The van der Waals surface area contributed by atoms with Gasteiger partial charge in [0.1, 0.15) is 5.75 Å². The maximum Gasteiger partial charge on any atom is 0.264 e. The second-order valence-corrected chi connectivity index (χ2v) is 6.47. The molecule has 1 amide bonds. The summed E-state index contributed by atoms with van der Waals surface area (Å²) in [5, 5.41) is 15.2. The zero-order valence-electron chi connectivity index (χ0n) is 15.1. The van der Waals surface area contributed by atoms with Gasteiger partial charge in [-0.2, -0.15) is 5.10 Å². The van der Waals surface area contributed by atoms with Crippen LogP contribution in [0.1, 0.15) is 5.56 Å². The summed E-state index contributed by atoms with van der Waals surface area (Å²) in [6.45, 7) is 0. The third kappa shape index (κ3) is 5.24. The first-order valence-corrected chi connectivity index (χ1v) is 9.25. The van der Waals surface area contributed by atoms with Gasteiger partial charge in [-0.25, -0.2) is 10.1 Å². The van der Waals surface area contributed by atoms with Gasteiger partial charge in [0.05, 0.1) is 19.1 Å². The van der Waals surface area contributed by atoms with E-state index in [-0.39, 0.29) is 17.6 Å². The number of para-hydroxylation sites is 1. The van der Waals surface area contributed by atoms with E-state index >= 15 is 0 Å². The highest BCUT2D eigenvalue weighted by Gasteiger charge is 2.12. The fourth-order valence-electron chi connectivity index (χ4n) is 2.19. The first-order valence-electron chi connectivity index (χ1n) is 8.27. The molecule has 0 aliphatic rings. The molecule has 4 N–H and O–H groups in total. The van der Waals surface area contributed by atoms with E-state index in [1.54, 1.807) is 13.3 Å². The Morgan fingerprint density at radius 1 is 1.25 bits per heavy atom. The average Bonchev–Trinajstić information content (AvgIpc) is 3.07. The van der Waals surface area contributed by atoms with Gasteiger partial charge in [0, 0.05) is 5.69 Å². The number of methoxy groups -OCH3 is 1. The van der Waals surface area contributed by atoms with E-state index in [4.69, 9.17) is 10.6 Å². The normalized spacial score (nSPS) is 10.8. The molecule has 0 unspecified atom stereocenters. The lowest BCUT2D eigenvalue weighted by molar-refractivity contribution is -0.113. The number of nitrogens with zero attached hydrogens (tertiary/aromatic N) is 4. The number of nitrogens with one attached hydrogen (secondary N) is 2. The second-order valence-electron chi connectivity index (χ2n) is 5.53. The molecule has 0 saturated carbocycles. The van der Waals surface area contributed by atoms with Crippen molar-refractivity contribution >= 4 is 35.5 Å². The van der Waals surface area contributed by atoms with E-state index in [1.165, 1.54) is 16.4 Å². The van der Waals surface area contributed by atoms with Gasteiger partial charge in [-0.15, -0.1) is 10.2 Å². The molecule has 3 aromatic rings. The molecule has 0 spiro atoms. The Morgan fingerprint density at radius 2 is 2.07 bits per heavy atom. The SMILES string of the molecule is COc1cccc(/C=N/Nc2nnc(SCC(=O)Nc3ccccc3)n2N)c1. The summed E-state index contributed by atoms with van der Waals surface area (Å²) in [5.74, 6) is 6.93. The van der Waals surface area contributed by atoms with Crippen LogP contribution in [0.25, 0.3) is 0 Å². The molecular formula is C18H19N7O2S. The van der Waals surface area contributed by atoms with Gasteiger partial charge >= 0.3 is 0 Å². The Labute approximate surface area is 166 Å². The lowest BCUT2D eigenvalue weighted by Gasteiger charge is -2.05. The zero-order valence-corrected chi connectivity index (χ0v) is 15.9. The van der Waals surface area contributed by atoms with Crippen LogP contribution in [0.5, 0.6) is 5.75 Å². The molecule has 0 saturated heterocycles. The highest BCUT2D eigenvalue weighted by atomic mass is 32.2. The topological polar surface area (TPSA) is 119 Å². The Balaban J connectivity index is 1.53. The van der Waals surface area contributed by atoms with Crippen LogP contribution in [-0.2, 0) is 4.79 Å². The predicted molar refractivity (Wildman–Crippen MR) is 110 cm³/mol. The Kier molecular flexibility index (Phi) is 6.47. The molecule has 28 heavy (non-hydrogen) atoms.